The molecular weight excluding hydrogens is 416 g/mol. The summed E-state index contributed by atoms with van der Waals surface area (Å²) in [5, 5.41) is 2.87. The van der Waals surface area contributed by atoms with Gasteiger partial charge >= 0.3 is 0 Å². The molecule has 1 atom stereocenters. The average Bonchev–Trinajstić information content (AvgIpc) is 2.78. The van der Waals surface area contributed by atoms with Gasteiger partial charge in [0.05, 0.1) is 18.0 Å². The van der Waals surface area contributed by atoms with Crippen molar-refractivity contribution in [2.75, 3.05) is 26.8 Å². The fourth-order valence-corrected chi connectivity index (χ4v) is 5.27. The zero-order valence-electron chi connectivity index (χ0n) is 18.3. The van der Waals surface area contributed by atoms with Gasteiger partial charge in [-0.3, -0.25) is 4.79 Å². The van der Waals surface area contributed by atoms with Crippen LogP contribution in [-0.4, -0.2) is 51.5 Å². The predicted molar refractivity (Wildman–Crippen MR) is 119 cm³/mol. The fraction of sp³-hybridized carbons (Fsp3) is 0.435. The van der Waals surface area contributed by atoms with E-state index in [1.807, 2.05) is 6.92 Å². The summed E-state index contributed by atoms with van der Waals surface area (Å²) in [5.41, 5.74) is 0.954. The van der Waals surface area contributed by atoms with Crippen molar-refractivity contribution in [1.82, 2.24) is 9.62 Å². The summed E-state index contributed by atoms with van der Waals surface area (Å²) in [7, 11) is -2.01. The van der Waals surface area contributed by atoms with Gasteiger partial charge in [-0.05, 0) is 68.7 Å². The van der Waals surface area contributed by atoms with Crippen LogP contribution in [0.25, 0.3) is 0 Å². The molecular formula is C23H30N2O5S. The van der Waals surface area contributed by atoms with E-state index >= 15 is 0 Å². The summed E-state index contributed by atoms with van der Waals surface area (Å²) in [6.45, 7) is 4.92. The first-order valence-corrected chi connectivity index (χ1v) is 11.9. The van der Waals surface area contributed by atoms with E-state index in [1.165, 1.54) is 10.4 Å². The SMILES string of the molecule is COc1ccc(OC[C@H](C)NC(=O)c2ccc(C)c(S(=O)(=O)N3CCCCC3)c2)cc1. The Morgan fingerprint density at radius 3 is 2.35 bits per heavy atom. The van der Waals surface area contributed by atoms with Crippen LogP contribution in [0.2, 0.25) is 0 Å². The summed E-state index contributed by atoms with van der Waals surface area (Å²) in [5.74, 6) is 1.08. The first-order valence-electron chi connectivity index (χ1n) is 10.5. The topological polar surface area (TPSA) is 84.9 Å². The van der Waals surface area contributed by atoms with Gasteiger partial charge in [-0.25, -0.2) is 8.42 Å². The number of nitrogens with zero attached hydrogens (tertiary/aromatic N) is 1. The van der Waals surface area contributed by atoms with E-state index in [-0.39, 0.29) is 23.5 Å². The van der Waals surface area contributed by atoms with Gasteiger partial charge in [0.2, 0.25) is 10.0 Å². The predicted octanol–water partition coefficient (Wildman–Crippen LogP) is 3.38. The molecule has 0 unspecified atom stereocenters. The molecule has 1 fully saturated rings. The van der Waals surface area contributed by atoms with Crippen molar-refractivity contribution in [2.45, 2.75) is 44.0 Å². The molecule has 1 heterocycles. The minimum Gasteiger partial charge on any atom is -0.497 e. The number of methoxy groups -OCH3 is 1. The Kier molecular flexibility index (Phi) is 7.56. The van der Waals surface area contributed by atoms with Crippen LogP contribution in [0.3, 0.4) is 0 Å². The molecule has 0 aromatic heterocycles. The minimum absolute atomic E-state index is 0.198. The maximum absolute atomic E-state index is 13.1. The van der Waals surface area contributed by atoms with Crippen LogP contribution < -0.4 is 14.8 Å². The Hall–Kier alpha value is -2.58. The number of hydrogen-bond acceptors (Lipinski definition) is 5. The highest BCUT2D eigenvalue weighted by Gasteiger charge is 2.28. The van der Waals surface area contributed by atoms with Gasteiger partial charge in [0.1, 0.15) is 18.1 Å². The number of piperidine rings is 1. The molecule has 31 heavy (non-hydrogen) atoms. The lowest BCUT2D eigenvalue weighted by Gasteiger charge is -2.26. The van der Waals surface area contributed by atoms with Gasteiger partial charge in [-0.1, -0.05) is 12.5 Å². The number of nitrogens with one attached hydrogen (secondary N) is 1. The van der Waals surface area contributed by atoms with Crippen molar-refractivity contribution in [3.05, 3.63) is 53.6 Å². The van der Waals surface area contributed by atoms with E-state index < -0.39 is 10.0 Å². The highest BCUT2D eigenvalue weighted by molar-refractivity contribution is 7.89. The molecule has 7 nitrogen and oxygen atoms in total. The van der Waals surface area contributed by atoms with Crippen molar-refractivity contribution >= 4 is 15.9 Å². The second-order valence-electron chi connectivity index (χ2n) is 7.81. The molecule has 3 rings (SSSR count). The molecule has 1 aliphatic heterocycles. The molecule has 2 aromatic rings. The number of benzene rings is 2. The smallest absolute Gasteiger partial charge is 0.251 e. The van der Waals surface area contributed by atoms with Crippen LogP contribution in [0, 0.1) is 6.92 Å². The molecule has 1 aliphatic rings. The van der Waals surface area contributed by atoms with E-state index in [9.17, 15) is 13.2 Å². The van der Waals surface area contributed by atoms with E-state index in [0.29, 0.717) is 30.0 Å². The summed E-state index contributed by atoms with van der Waals surface area (Å²) in [4.78, 5) is 12.9. The summed E-state index contributed by atoms with van der Waals surface area (Å²) in [6, 6.07) is 11.7. The van der Waals surface area contributed by atoms with Crippen LogP contribution in [0.5, 0.6) is 11.5 Å². The Morgan fingerprint density at radius 1 is 1.06 bits per heavy atom. The standard InChI is InChI=1S/C23H30N2O5S/c1-17-7-8-19(15-22(17)31(27,28)25-13-5-4-6-14-25)23(26)24-18(2)16-30-21-11-9-20(29-3)10-12-21/h7-12,15,18H,4-6,13-14,16H2,1-3H3,(H,24,26)/t18-/m0/s1. The highest BCUT2D eigenvalue weighted by atomic mass is 32.2. The van der Waals surface area contributed by atoms with Gasteiger partial charge in [-0.15, -0.1) is 0 Å². The molecule has 2 aromatic carbocycles. The van der Waals surface area contributed by atoms with Crippen LogP contribution in [0.4, 0.5) is 0 Å². The van der Waals surface area contributed by atoms with E-state index in [4.69, 9.17) is 9.47 Å². The van der Waals surface area contributed by atoms with Gasteiger partial charge in [0, 0.05) is 18.7 Å². The summed E-state index contributed by atoms with van der Waals surface area (Å²) < 4.78 is 38.5. The van der Waals surface area contributed by atoms with Gasteiger partial charge in [0.15, 0.2) is 0 Å². The molecule has 0 aliphatic carbocycles. The van der Waals surface area contributed by atoms with Gasteiger partial charge < -0.3 is 14.8 Å². The van der Waals surface area contributed by atoms with Crippen molar-refractivity contribution < 1.29 is 22.7 Å². The lowest BCUT2D eigenvalue weighted by molar-refractivity contribution is 0.0926. The van der Waals surface area contributed by atoms with E-state index in [1.54, 1.807) is 50.4 Å². The molecule has 1 N–H and O–H groups in total. The summed E-state index contributed by atoms with van der Waals surface area (Å²) >= 11 is 0. The molecule has 0 radical (unpaired) electrons. The van der Waals surface area contributed by atoms with Gasteiger partial charge in [-0.2, -0.15) is 4.31 Å². The number of sulfonamides is 1. The highest BCUT2D eigenvalue weighted by Crippen LogP contribution is 2.24. The number of carbonyl (C=O) groups is 1. The Labute approximate surface area is 184 Å². The number of carbonyl (C=O) groups excluding carboxylic acids is 1. The number of aryl methyl sites for hydroxylation is 1. The lowest BCUT2D eigenvalue weighted by atomic mass is 10.1. The largest absolute Gasteiger partial charge is 0.497 e. The normalized spacial score (nSPS) is 15.8. The summed E-state index contributed by atoms with van der Waals surface area (Å²) in [6.07, 6.45) is 2.78. The second-order valence-corrected chi connectivity index (χ2v) is 9.71. The van der Waals surface area contributed by atoms with Crippen LogP contribution in [-0.2, 0) is 10.0 Å². The van der Waals surface area contributed by atoms with Crippen molar-refractivity contribution in [2.24, 2.45) is 0 Å². The number of rotatable bonds is 8. The first-order chi connectivity index (χ1) is 14.8. The molecule has 1 saturated heterocycles. The zero-order valence-corrected chi connectivity index (χ0v) is 19.1. The molecule has 1 amide bonds. The fourth-order valence-electron chi connectivity index (χ4n) is 3.51. The number of hydrogen-bond donors (Lipinski definition) is 1. The monoisotopic (exact) mass is 446 g/mol. The zero-order chi connectivity index (χ0) is 22.4. The second kappa shape index (κ2) is 10.2. The Bertz CT molecular complexity index is 999. The molecule has 0 bridgehead atoms. The van der Waals surface area contributed by atoms with Crippen molar-refractivity contribution in [3.63, 3.8) is 0 Å². The quantitative estimate of drug-likeness (QED) is 0.672. The molecule has 0 saturated carbocycles. The van der Waals surface area contributed by atoms with Crippen LogP contribution >= 0.6 is 0 Å². The maximum atomic E-state index is 13.1. The lowest BCUT2D eigenvalue weighted by Crippen LogP contribution is -2.37. The third-order valence-electron chi connectivity index (χ3n) is 5.32. The Balaban J connectivity index is 1.65. The first kappa shape index (κ1) is 23.1. The molecule has 0 spiro atoms. The van der Waals surface area contributed by atoms with E-state index in [2.05, 4.69) is 5.32 Å². The minimum atomic E-state index is -3.61. The van der Waals surface area contributed by atoms with Crippen molar-refractivity contribution in [1.29, 1.82) is 0 Å². The molecule has 8 heteroatoms. The maximum Gasteiger partial charge on any atom is 0.251 e. The van der Waals surface area contributed by atoms with Gasteiger partial charge in [0.25, 0.3) is 5.91 Å². The molecule has 168 valence electrons. The Morgan fingerprint density at radius 2 is 1.71 bits per heavy atom. The number of ether oxygens (including phenoxy) is 2. The van der Waals surface area contributed by atoms with Crippen LogP contribution in [0.1, 0.15) is 42.1 Å². The average molecular weight is 447 g/mol. The third kappa shape index (κ3) is 5.77. The van der Waals surface area contributed by atoms with Crippen LogP contribution in [0.15, 0.2) is 47.4 Å². The van der Waals surface area contributed by atoms with E-state index in [0.717, 1.165) is 25.0 Å². The van der Waals surface area contributed by atoms with Crippen molar-refractivity contribution in [3.8, 4) is 11.5 Å². The number of amides is 1. The third-order valence-corrected chi connectivity index (χ3v) is 7.36.